The molecule has 0 spiro atoms. The zero-order chi connectivity index (χ0) is 19.7. The lowest BCUT2D eigenvalue weighted by Crippen LogP contribution is -2.19. The van der Waals surface area contributed by atoms with E-state index in [1.165, 1.54) is 0 Å². The first kappa shape index (κ1) is 18.1. The number of anilines is 2. The summed E-state index contributed by atoms with van der Waals surface area (Å²) in [6.45, 7) is 3.97. The number of aliphatic hydroxyl groups is 1. The van der Waals surface area contributed by atoms with Crippen molar-refractivity contribution < 1.29 is 5.11 Å². The highest BCUT2D eigenvalue weighted by atomic mass is 16.3. The molecule has 144 valence electrons. The summed E-state index contributed by atoms with van der Waals surface area (Å²) in [7, 11) is 1.85. The minimum Gasteiger partial charge on any atom is -0.392 e. The Morgan fingerprint density at radius 2 is 2.00 bits per heavy atom. The first-order valence-electron chi connectivity index (χ1n) is 9.11. The van der Waals surface area contributed by atoms with Gasteiger partial charge in [0.2, 0.25) is 5.95 Å². The molecule has 28 heavy (non-hydrogen) atoms. The van der Waals surface area contributed by atoms with Gasteiger partial charge in [-0.2, -0.15) is 5.10 Å². The van der Waals surface area contributed by atoms with Gasteiger partial charge in [-0.25, -0.2) is 9.97 Å². The fraction of sp³-hybridized carbons (Fsp3) is 0.316. The quantitative estimate of drug-likeness (QED) is 0.530. The van der Waals surface area contributed by atoms with Crippen LogP contribution < -0.4 is 5.32 Å². The largest absolute Gasteiger partial charge is 0.392 e. The first-order valence-corrected chi connectivity index (χ1v) is 9.11. The summed E-state index contributed by atoms with van der Waals surface area (Å²) in [6.07, 6.45) is 5.33. The number of aliphatic hydroxyl groups excluding tert-OH is 1. The van der Waals surface area contributed by atoms with E-state index in [2.05, 4.69) is 30.6 Å². The van der Waals surface area contributed by atoms with Gasteiger partial charge >= 0.3 is 0 Å². The van der Waals surface area contributed by atoms with Crippen molar-refractivity contribution in [1.29, 1.82) is 0 Å². The molecule has 0 aliphatic heterocycles. The van der Waals surface area contributed by atoms with Crippen molar-refractivity contribution in [2.75, 3.05) is 5.32 Å². The van der Waals surface area contributed by atoms with Crippen LogP contribution in [0.25, 0.3) is 16.9 Å². The average molecular weight is 378 g/mol. The SMILES string of the molecule is CC(C)C(O)Cc1nnc2cc(-c3ccnc(Nc4ccnn4C)n3)ccn12. The number of hydrogen-bond acceptors (Lipinski definition) is 7. The molecule has 4 aromatic rings. The van der Waals surface area contributed by atoms with Crippen molar-refractivity contribution in [3.05, 3.63) is 48.7 Å². The lowest BCUT2D eigenvalue weighted by molar-refractivity contribution is 0.123. The smallest absolute Gasteiger partial charge is 0.228 e. The summed E-state index contributed by atoms with van der Waals surface area (Å²) in [5.41, 5.74) is 2.39. The van der Waals surface area contributed by atoms with Gasteiger partial charge < -0.3 is 10.4 Å². The Bertz CT molecular complexity index is 1100. The Balaban J connectivity index is 1.61. The molecule has 0 aliphatic rings. The molecule has 0 bridgehead atoms. The van der Waals surface area contributed by atoms with E-state index >= 15 is 0 Å². The maximum absolute atomic E-state index is 10.1. The van der Waals surface area contributed by atoms with Gasteiger partial charge in [-0.05, 0) is 24.1 Å². The number of fused-ring (bicyclic) bond motifs is 1. The molecular formula is C19H22N8O. The van der Waals surface area contributed by atoms with E-state index in [1.807, 2.05) is 55.8 Å². The van der Waals surface area contributed by atoms with E-state index in [0.717, 1.165) is 22.9 Å². The lowest BCUT2D eigenvalue weighted by atomic mass is 10.0. The number of nitrogens with one attached hydrogen (secondary N) is 1. The zero-order valence-electron chi connectivity index (χ0n) is 16.0. The molecular weight excluding hydrogens is 356 g/mol. The highest BCUT2D eigenvalue weighted by Crippen LogP contribution is 2.21. The summed E-state index contributed by atoms with van der Waals surface area (Å²) < 4.78 is 3.61. The molecule has 0 aliphatic carbocycles. The molecule has 4 rings (SSSR count). The van der Waals surface area contributed by atoms with Crippen LogP contribution in [-0.2, 0) is 13.5 Å². The third-order valence-electron chi connectivity index (χ3n) is 4.65. The average Bonchev–Trinajstić information content (AvgIpc) is 3.28. The standard InChI is InChI=1S/C19H22N8O/c1-12(2)15(28)11-18-25-24-17-10-13(6-9-27(17)18)14-4-7-20-19(22-14)23-16-5-8-21-26(16)3/h4-10,12,15,28H,11H2,1-3H3,(H,20,22,23). The van der Waals surface area contributed by atoms with Gasteiger partial charge in [-0.15, -0.1) is 10.2 Å². The van der Waals surface area contributed by atoms with Crippen LogP contribution in [0, 0.1) is 5.92 Å². The Morgan fingerprint density at radius 3 is 2.75 bits per heavy atom. The van der Waals surface area contributed by atoms with Crippen LogP contribution in [0.3, 0.4) is 0 Å². The molecule has 0 amide bonds. The Labute approximate surface area is 162 Å². The minimum absolute atomic E-state index is 0.165. The molecule has 9 nitrogen and oxygen atoms in total. The van der Waals surface area contributed by atoms with Crippen LogP contribution in [0.1, 0.15) is 19.7 Å². The summed E-state index contributed by atoms with van der Waals surface area (Å²) in [5.74, 6) is 2.20. The van der Waals surface area contributed by atoms with Gasteiger partial charge in [0.25, 0.3) is 0 Å². The van der Waals surface area contributed by atoms with E-state index < -0.39 is 6.10 Å². The number of nitrogens with zero attached hydrogens (tertiary/aromatic N) is 7. The molecule has 1 unspecified atom stereocenters. The van der Waals surface area contributed by atoms with E-state index in [1.54, 1.807) is 17.1 Å². The molecule has 0 aromatic carbocycles. The molecule has 9 heteroatoms. The monoisotopic (exact) mass is 378 g/mol. The summed E-state index contributed by atoms with van der Waals surface area (Å²) in [4.78, 5) is 8.86. The van der Waals surface area contributed by atoms with Crippen LogP contribution in [0.15, 0.2) is 42.9 Å². The second-order valence-corrected chi connectivity index (χ2v) is 7.01. The van der Waals surface area contributed by atoms with Crippen LogP contribution in [0.2, 0.25) is 0 Å². The molecule has 1 atom stereocenters. The number of pyridine rings is 1. The van der Waals surface area contributed by atoms with Crippen molar-refractivity contribution in [1.82, 2.24) is 34.3 Å². The number of rotatable bonds is 6. The van der Waals surface area contributed by atoms with E-state index in [-0.39, 0.29) is 5.92 Å². The summed E-state index contributed by atoms with van der Waals surface area (Å²) >= 11 is 0. The zero-order valence-corrected chi connectivity index (χ0v) is 16.0. The van der Waals surface area contributed by atoms with Gasteiger partial charge in [0.05, 0.1) is 18.0 Å². The van der Waals surface area contributed by atoms with Crippen LogP contribution in [-0.4, -0.2) is 45.6 Å². The lowest BCUT2D eigenvalue weighted by Gasteiger charge is -2.12. The van der Waals surface area contributed by atoms with Gasteiger partial charge in [-0.3, -0.25) is 9.08 Å². The minimum atomic E-state index is -0.449. The number of hydrogen-bond donors (Lipinski definition) is 2. The normalized spacial score (nSPS) is 12.6. The van der Waals surface area contributed by atoms with Crippen LogP contribution in [0.5, 0.6) is 0 Å². The second-order valence-electron chi connectivity index (χ2n) is 7.01. The fourth-order valence-electron chi connectivity index (χ4n) is 2.85. The predicted molar refractivity (Wildman–Crippen MR) is 105 cm³/mol. The van der Waals surface area contributed by atoms with Crippen LogP contribution in [0.4, 0.5) is 11.8 Å². The number of aromatic nitrogens is 7. The third-order valence-corrected chi connectivity index (χ3v) is 4.65. The molecule has 4 aromatic heterocycles. The van der Waals surface area contributed by atoms with Gasteiger partial charge in [0.1, 0.15) is 11.6 Å². The third kappa shape index (κ3) is 3.56. The molecule has 0 radical (unpaired) electrons. The van der Waals surface area contributed by atoms with E-state index in [0.29, 0.717) is 18.0 Å². The van der Waals surface area contributed by atoms with Gasteiger partial charge in [-0.1, -0.05) is 13.8 Å². The predicted octanol–water partition coefficient (Wildman–Crippen LogP) is 2.22. The highest BCUT2D eigenvalue weighted by Gasteiger charge is 2.15. The van der Waals surface area contributed by atoms with Crippen molar-refractivity contribution in [3.8, 4) is 11.3 Å². The molecule has 0 saturated carbocycles. The van der Waals surface area contributed by atoms with Gasteiger partial charge in [0, 0.05) is 37.5 Å². The highest BCUT2D eigenvalue weighted by molar-refractivity contribution is 5.65. The first-order chi connectivity index (χ1) is 13.5. The molecule has 0 fully saturated rings. The Kier molecular flexibility index (Phi) is 4.74. The topological polar surface area (TPSA) is 106 Å². The Morgan fingerprint density at radius 1 is 1.14 bits per heavy atom. The number of aryl methyl sites for hydroxylation is 1. The Hall–Kier alpha value is -3.33. The van der Waals surface area contributed by atoms with Gasteiger partial charge in [0.15, 0.2) is 5.65 Å². The molecule has 4 heterocycles. The van der Waals surface area contributed by atoms with Crippen molar-refractivity contribution in [3.63, 3.8) is 0 Å². The van der Waals surface area contributed by atoms with E-state index in [4.69, 9.17) is 0 Å². The second kappa shape index (κ2) is 7.35. The molecule has 2 N–H and O–H groups in total. The van der Waals surface area contributed by atoms with Crippen LogP contribution >= 0.6 is 0 Å². The molecule has 0 saturated heterocycles. The summed E-state index contributed by atoms with van der Waals surface area (Å²) in [6, 6.07) is 7.58. The maximum Gasteiger partial charge on any atom is 0.228 e. The summed E-state index contributed by atoms with van der Waals surface area (Å²) in [5, 5.41) is 25.9. The van der Waals surface area contributed by atoms with Crippen molar-refractivity contribution in [2.45, 2.75) is 26.4 Å². The van der Waals surface area contributed by atoms with Crippen molar-refractivity contribution >= 4 is 17.4 Å². The van der Waals surface area contributed by atoms with E-state index in [9.17, 15) is 5.11 Å². The fourth-order valence-corrected chi connectivity index (χ4v) is 2.85. The van der Waals surface area contributed by atoms with Crippen molar-refractivity contribution in [2.24, 2.45) is 13.0 Å². The maximum atomic E-state index is 10.1.